The van der Waals surface area contributed by atoms with Crippen LogP contribution in [0.2, 0.25) is 0 Å². The van der Waals surface area contributed by atoms with E-state index in [4.69, 9.17) is 24.3 Å². The van der Waals surface area contributed by atoms with Gasteiger partial charge in [-0.1, -0.05) is 177 Å². The number of phosphoric ester groups is 1. The topological polar surface area (TPSA) is 155 Å². The van der Waals surface area contributed by atoms with Crippen LogP contribution in [-0.2, 0) is 32.7 Å². The van der Waals surface area contributed by atoms with Gasteiger partial charge in [-0.3, -0.25) is 18.6 Å². The van der Waals surface area contributed by atoms with E-state index >= 15 is 0 Å². The summed E-state index contributed by atoms with van der Waals surface area (Å²) in [5, 5.41) is 10.1. The Morgan fingerprint density at radius 3 is 1.80 bits per heavy atom. The number of esters is 2. The molecule has 0 aromatic carbocycles. The summed E-state index contributed by atoms with van der Waals surface area (Å²) in [6, 6.07) is 0. The summed E-state index contributed by atoms with van der Waals surface area (Å²) in [6.45, 7) is 3.43. The molecule has 10 nitrogen and oxygen atoms in total. The Morgan fingerprint density at radius 1 is 0.643 bits per heavy atom. The van der Waals surface area contributed by atoms with Gasteiger partial charge in [-0.25, -0.2) is 4.57 Å². The first-order chi connectivity index (χ1) is 27.2. The Hall–Kier alpha value is -2.59. The van der Waals surface area contributed by atoms with Crippen LogP contribution in [0.3, 0.4) is 0 Å². The molecule has 0 heterocycles. The molecule has 0 fully saturated rings. The second-order valence-corrected chi connectivity index (χ2v) is 15.5. The number of ether oxygens (including phenoxy) is 2. The van der Waals surface area contributed by atoms with Crippen LogP contribution in [0.5, 0.6) is 0 Å². The minimum absolute atomic E-state index is 0.0279. The zero-order chi connectivity index (χ0) is 41.2. The quantitative estimate of drug-likeness (QED) is 0.0180. The zero-order valence-corrected chi connectivity index (χ0v) is 35.8. The van der Waals surface area contributed by atoms with Crippen molar-refractivity contribution in [3.63, 3.8) is 0 Å². The van der Waals surface area contributed by atoms with E-state index in [1.807, 2.05) is 42.5 Å². The van der Waals surface area contributed by atoms with Gasteiger partial charge in [-0.15, -0.1) is 0 Å². The van der Waals surface area contributed by atoms with Crippen molar-refractivity contribution < 1.29 is 42.7 Å². The van der Waals surface area contributed by atoms with Gasteiger partial charge in [0, 0.05) is 19.4 Å². The summed E-state index contributed by atoms with van der Waals surface area (Å²) in [4.78, 5) is 34.8. The highest BCUT2D eigenvalue weighted by Gasteiger charge is 2.25. The summed E-state index contributed by atoms with van der Waals surface area (Å²) < 4.78 is 32.6. The van der Waals surface area contributed by atoms with E-state index in [2.05, 4.69) is 38.2 Å². The molecule has 0 aromatic rings. The van der Waals surface area contributed by atoms with Crippen LogP contribution in [0, 0.1) is 0 Å². The van der Waals surface area contributed by atoms with Gasteiger partial charge in [-0.05, 0) is 44.9 Å². The number of aliphatic hydroxyl groups is 1. The maximum absolute atomic E-state index is 12.6. The van der Waals surface area contributed by atoms with E-state index < -0.39 is 38.6 Å². The second kappa shape index (κ2) is 40.6. The summed E-state index contributed by atoms with van der Waals surface area (Å²) in [7, 11) is -4.42. The molecule has 0 saturated carbocycles. The fourth-order valence-electron chi connectivity index (χ4n) is 5.51. The monoisotopic (exact) mass is 808 g/mol. The lowest BCUT2D eigenvalue weighted by Gasteiger charge is -2.19. The van der Waals surface area contributed by atoms with E-state index in [9.17, 15) is 24.2 Å². The summed E-state index contributed by atoms with van der Waals surface area (Å²) in [5.41, 5.74) is 5.33. The number of rotatable bonds is 39. The number of carbonyl (C=O) groups excluding carboxylic acids is 2. The molecule has 0 radical (unpaired) electrons. The zero-order valence-electron chi connectivity index (χ0n) is 35.0. The minimum atomic E-state index is -4.42. The number of unbranched alkanes of at least 4 members (excludes halogenated alkanes) is 14. The highest BCUT2D eigenvalue weighted by atomic mass is 31.2. The van der Waals surface area contributed by atoms with Crippen molar-refractivity contribution in [2.24, 2.45) is 5.73 Å². The fraction of sp³-hybridized carbons (Fsp3) is 0.689. The maximum atomic E-state index is 12.6. The summed E-state index contributed by atoms with van der Waals surface area (Å²) in [6.07, 6.45) is 45.4. The third-order valence-electron chi connectivity index (χ3n) is 8.70. The SMILES string of the molecule is CCC=CCC=CCC=CC=CC(O)CC=CCC=CCCC(=O)OC(COC(=O)CCCCCCCCCCCCCCCCC)COP(=O)(O)OCCN. The molecule has 3 atom stereocenters. The predicted octanol–water partition coefficient (Wildman–Crippen LogP) is 11.2. The number of nitrogens with two attached hydrogens (primary N) is 1. The largest absolute Gasteiger partial charge is 0.472 e. The Morgan fingerprint density at radius 2 is 1.20 bits per heavy atom. The first-order valence-corrected chi connectivity index (χ1v) is 23.0. The normalized spacial score (nSPS) is 14.6. The van der Waals surface area contributed by atoms with Crippen LogP contribution < -0.4 is 5.73 Å². The molecular formula is C45H78NO9P. The molecule has 0 aliphatic rings. The van der Waals surface area contributed by atoms with E-state index in [1.165, 1.54) is 70.6 Å². The van der Waals surface area contributed by atoms with Crippen LogP contribution >= 0.6 is 7.82 Å². The van der Waals surface area contributed by atoms with E-state index in [1.54, 1.807) is 6.08 Å². The molecule has 0 amide bonds. The van der Waals surface area contributed by atoms with Crippen LogP contribution in [-0.4, -0.2) is 60.5 Å². The Kier molecular flexibility index (Phi) is 38.7. The molecule has 322 valence electrons. The molecule has 0 spiro atoms. The molecule has 56 heavy (non-hydrogen) atoms. The lowest BCUT2D eigenvalue weighted by atomic mass is 10.0. The number of allylic oxidation sites excluding steroid dienone is 10. The van der Waals surface area contributed by atoms with Crippen LogP contribution in [0.1, 0.15) is 162 Å². The third kappa shape index (κ3) is 39.6. The van der Waals surface area contributed by atoms with Crippen molar-refractivity contribution in [2.45, 2.75) is 174 Å². The second-order valence-electron chi connectivity index (χ2n) is 14.0. The van der Waals surface area contributed by atoms with E-state index in [0.29, 0.717) is 25.7 Å². The molecular weight excluding hydrogens is 729 g/mol. The lowest BCUT2D eigenvalue weighted by Crippen LogP contribution is -2.29. The van der Waals surface area contributed by atoms with Gasteiger partial charge in [-0.2, -0.15) is 0 Å². The maximum Gasteiger partial charge on any atom is 0.472 e. The van der Waals surface area contributed by atoms with Crippen molar-refractivity contribution in [1.29, 1.82) is 0 Å². The molecule has 0 aliphatic carbocycles. The first-order valence-electron chi connectivity index (χ1n) is 21.5. The number of hydrogen-bond donors (Lipinski definition) is 3. The van der Waals surface area contributed by atoms with Gasteiger partial charge < -0.3 is 25.2 Å². The van der Waals surface area contributed by atoms with Crippen molar-refractivity contribution in [1.82, 2.24) is 0 Å². The fourth-order valence-corrected chi connectivity index (χ4v) is 6.27. The molecule has 3 unspecified atom stereocenters. The number of hydrogen-bond acceptors (Lipinski definition) is 9. The highest BCUT2D eigenvalue weighted by molar-refractivity contribution is 7.47. The first kappa shape index (κ1) is 53.4. The Balaban J connectivity index is 4.37. The van der Waals surface area contributed by atoms with Gasteiger partial charge in [0.2, 0.25) is 0 Å². The van der Waals surface area contributed by atoms with Gasteiger partial charge in [0.05, 0.1) is 19.3 Å². The molecule has 0 saturated heterocycles. The van der Waals surface area contributed by atoms with Gasteiger partial charge >= 0.3 is 19.8 Å². The van der Waals surface area contributed by atoms with Crippen molar-refractivity contribution in [3.05, 3.63) is 72.9 Å². The average molecular weight is 808 g/mol. The molecule has 4 N–H and O–H groups in total. The average Bonchev–Trinajstić information content (AvgIpc) is 3.18. The highest BCUT2D eigenvalue weighted by Crippen LogP contribution is 2.43. The van der Waals surface area contributed by atoms with E-state index in [0.717, 1.165) is 38.5 Å². The standard InChI is InChI=1S/C45H78NO9P/c1-3-5-7-9-11-13-15-16-17-18-19-21-23-28-32-36-44(48)52-40-43(41-54-56(50,51)53-39-38-46)55-45(49)37-33-29-25-24-27-31-35-42(47)34-30-26-22-20-14-12-10-8-6-4-2/h6,8,12,14,22,25-27,29-31,34,42-43,47H,3-5,7,9-11,13,15-21,23-24,28,32-33,35-41,46H2,1-2H3,(H,50,51). The van der Waals surface area contributed by atoms with E-state index in [-0.39, 0.29) is 32.6 Å². The minimum Gasteiger partial charge on any atom is -0.462 e. The lowest BCUT2D eigenvalue weighted by molar-refractivity contribution is -0.161. The molecule has 0 aliphatic heterocycles. The van der Waals surface area contributed by atoms with Crippen molar-refractivity contribution in [2.75, 3.05) is 26.4 Å². The predicted molar refractivity (Wildman–Crippen MR) is 230 cm³/mol. The van der Waals surface area contributed by atoms with Crippen molar-refractivity contribution in [3.8, 4) is 0 Å². The van der Waals surface area contributed by atoms with Gasteiger partial charge in [0.25, 0.3) is 0 Å². The van der Waals surface area contributed by atoms with Gasteiger partial charge in [0.15, 0.2) is 6.10 Å². The smallest absolute Gasteiger partial charge is 0.462 e. The van der Waals surface area contributed by atoms with Gasteiger partial charge in [0.1, 0.15) is 6.61 Å². The number of carbonyl (C=O) groups is 2. The number of phosphoric acid groups is 1. The Bertz CT molecular complexity index is 1160. The molecule has 0 rings (SSSR count). The molecule has 11 heteroatoms. The van der Waals surface area contributed by atoms with Crippen LogP contribution in [0.4, 0.5) is 0 Å². The molecule has 0 bridgehead atoms. The summed E-state index contributed by atoms with van der Waals surface area (Å²) >= 11 is 0. The Labute approximate surface area is 340 Å². The molecule has 0 aromatic heterocycles. The third-order valence-corrected chi connectivity index (χ3v) is 9.68. The van der Waals surface area contributed by atoms with Crippen molar-refractivity contribution >= 4 is 19.8 Å². The van der Waals surface area contributed by atoms with Crippen LogP contribution in [0.15, 0.2) is 72.9 Å². The summed E-state index contributed by atoms with van der Waals surface area (Å²) in [5.74, 6) is -0.977. The van der Waals surface area contributed by atoms with Crippen LogP contribution in [0.25, 0.3) is 0 Å². The number of aliphatic hydroxyl groups excluding tert-OH is 1.